The average molecular weight is 165 g/mol. The van der Waals surface area contributed by atoms with Crippen molar-refractivity contribution < 1.29 is 5.11 Å². The number of hydrogen-bond acceptors (Lipinski definition) is 0. The molecule has 4 saturated carbocycles. The Morgan fingerprint density at radius 3 is 1.75 bits per heavy atom. The van der Waals surface area contributed by atoms with Crippen molar-refractivity contribution in [1.29, 1.82) is 0 Å². The van der Waals surface area contributed by atoms with Crippen LogP contribution in [0.5, 0.6) is 0 Å². The summed E-state index contributed by atoms with van der Waals surface area (Å²) in [7, 11) is 0. The summed E-state index contributed by atoms with van der Waals surface area (Å²) in [5, 5.41) is 12.2. The predicted molar refractivity (Wildman–Crippen MR) is 46.1 cm³/mol. The summed E-state index contributed by atoms with van der Waals surface area (Å²) in [6.07, 6.45) is 6.48. The van der Waals surface area contributed by atoms with Crippen LogP contribution in [0, 0.1) is 23.7 Å². The zero-order valence-corrected chi connectivity index (χ0v) is 7.75. The Labute approximate surface area is 74.2 Å². The molecule has 1 heteroatoms. The van der Waals surface area contributed by atoms with Gasteiger partial charge < -0.3 is 0 Å². The minimum absolute atomic E-state index is 0.536. The molecular formula is C11H17O. The van der Waals surface area contributed by atoms with E-state index in [4.69, 9.17) is 0 Å². The van der Waals surface area contributed by atoms with Crippen LogP contribution < -0.4 is 0 Å². The van der Waals surface area contributed by atoms with Crippen molar-refractivity contribution in [2.45, 2.75) is 44.6 Å². The van der Waals surface area contributed by atoms with Crippen LogP contribution in [-0.2, 0) is 5.11 Å². The monoisotopic (exact) mass is 165 g/mol. The Morgan fingerprint density at radius 1 is 0.917 bits per heavy atom. The normalized spacial score (nSPS) is 62.5. The van der Waals surface area contributed by atoms with Crippen LogP contribution in [0.1, 0.15) is 39.0 Å². The van der Waals surface area contributed by atoms with Gasteiger partial charge in [0.25, 0.3) is 0 Å². The van der Waals surface area contributed by atoms with E-state index in [1.165, 1.54) is 32.1 Å². The Hall–Kier alpha value is -0.0400. The van der Waals surface area contributed by atoms with Gasteiger partial charge in [0.1, 0.15) is 5.60 Å². The summed E-state index contributed by atoms with van der Waals surface area (Å²) in [5.74, 6) is 2.95. The van der Waals surface area contributed by atoms with E-state index in [2.05, 4.69) is 0 Å². The topological polar surface area (TPSA) is 19.9 Å². The van der Waals surface area contributed by atoms with Crippen LogP contribution >= 0.6 is 0 Å². The Bertz CT molecular complexity index is 177. The molecule has 1 radical (unpaired) electrons. The molecule has 0 spiro atoms. The van der Waals surface area contributed by atoms with E-state index in [0.717, 1.165) is 11.8 Å². The first kappa shape index (κ1) is 7.37. The third-order valence-electron chi connectivity index (χ3n) is 4.76. The van der Waals surface area contributed by atoms with Crippen LogP contribution in [0.4, 0.5) is 0 Å². The molecule has 0 aromatic rings. The number of hydrogen-bond donors (Lipinski definition) is 0. The van der Waals surface area contributed by atoms with Crippen LogP contribution in [-0.4, -0.2) is 5.60 Å². The summed E-state index contributed by atoms with van der Waals surface area (Å²) in [6.45, 7) is 1.97. The first-order chi connectivity index (χ1) is 5.66. The lowest BCUT2D eigenvalue weighted by atomic mass is 9.50. The molecule has 0 aromatic carbocycles. The van der Waals surface area contributed by atoms with Crippen molar-refractivity contribution >= 4 is 0 Å². The molecule has 0 aromatic heterocycles. The van der Waals surface area contributed by atoms with E-state index >= 15 is 0 Å². The first-order valence-electron chi connectivity index (χ1n) is 5.36. The molecule has 0 heterocycles. The molecule has 12 heavy (non-hydrogen) atoms. The highest BCUT2D eigenvalue weighted by Crippen LogP contribution is 2.58. The third kappa shape index (κ3) is 0.783. The van der Waals surface area contributed by atoms with E-state index in [1.54, 1.807) is 0 Å². The fraction of sp³-hybridized carbons (Fsp3) is 1.00. The second-order valence-electron chi connectivity index (χ2n) is 5.49. The highest BCUT2D eigenvalue weighted by atomic mass is 16.3. The molecule has 4 aliphatic carbocycles. The van der Waals surface area contributed by atoms with E-state index in [9.17, 15) is 5.11 Å². The minimum Gasteiger partial charge on any atom is -0.229 e. The summed E-state index contributed by atoms with van der Waals surface area (Å²) < 4.78 is 0. The Kier molecular flexibility index (Phi) is 1.27. The van der Waals surface area contributed by atoms with Crippen LogP contribution in [0.25, 0.3) is 0 Å². The maximum Gasteiger partial charge on any atom is 0.106 e. The van der Waals surface area contributed by atoms with Gasteiger partial charge in [0, 0.05) is 0 Å². The zero-order valence-electron chi connectivity index (χ0n) is 7.75. The van der Waals surface area contributed by atoms with Gasteiger partial charge in [0.2, 0.25) is 0 Å². The van der Waals surface area contributed by atoms with E-state index in [0.29, 0.717) is 11.8 Å². The summed E-state index contributed by atoms with van der Waals surface area (Å²) in [6, 6.07) is 0. The molecule has 4 rings (SSSR count). The second-order valence-corrected chi connectivity index (χ2v) is 5.49. The quantitative estimate of drug-likeness (QED) is 0.526. The minimum atomic E-state index is -0.548. The van der Waals surface area contributed by atoms with Gasteiger partial charge in [-0.2, -0.15) is 0 Å². The Balaban J connectivity index is 1.96. The first-order valence-corrected chi connectivity index (χ1v) is 5.36. The van der Waals surface area contributed by atoms with Crippen molar-refractivity contribution in [1.82, 2.24) is 0 Å². The van der Waals surface area contributed by atoms with Crippen molar-refractivity contribution in [2.24, 2.45) is 23.7 Å². The van der Waals surface area contributed by atoms with E-state index in [1.807, 2.05) is 6.92 Å². The summed E-state index contributed by atoms with van der Waals surface area (Å²) in [5.41, 5.74) is -0.548. The Morgan fingerprint density at radius 2 is 1.33 bits per heavy atom. The van der Waals surface area contributed by atoms with E-state index < -0.39 is 5.60 Å². The molecule has 1 nitrogen and oxygen atoms in total. The maximum atomic E-state index is 12.2. The second kappa shape index (κ2) is 2.06. The standard InChI is InChI=1S/C11H17O/c1-11(12)9-3-7-2-8(5-9)6-10(11)4-7/h7-10H,2-6H2,1H3. The summed E-state index contributed by atoms with van der Waals surface area (Å²) >= 11 is 0. The van der Waals surface area contributed by atoms with Crippen LogP contribution in [0.3, 0.4) is 0 Å². The predicted octanol–water partition coefficient (Wildman–Crippen LogP) is 2.63. The molecule has 0 atom stereocenters. The largest absolute Gasteiger partial charge is 0.229 e. The lowest BCUT2D eigenvalue weighted by Crippen LogP contribution is -2.55. The molecule has 0 amide bonds. The van der Waals surface area contributed by atoms with Crippen LogP contribution in [0.15, 0.2) is 0 Å². The smallest absolute Gasteiger partial charge is 0.106 e. The molecule has 4 bridgehead atoms. The van der Waals surface area contributed by atoms with Crippen molar-refractivity contribution in [3.63, 3.8) is 0 Å². The molecule has 4 aliphatic rings. The summed E-state index contributed by atoms with van der Waals surface area (Å²) in [4.78, 5) is 0. The van der Waals surface area contributed by atoms with Crippen molar-refractivity contribution in [3.8, 4) is 0 Å². The van der Waals surface area contributed by atoms with Gasteiger partial charge >= 0.3 is 0 Å². The highest BCUT2D eigenvalue weighted by molar-refractivity contribution is 5.04. The number of rotatable bonds is 0. The van der Waals surface area contributed by atoms with Gasteiger partial charge in [-0.1, -0.05) is 0 Å². The molecule has 0 N–H and O–H groups in total. The molecular weight excluding hydrogens is 148 g/mol. The van der Waals surface area contributed by atoms with Gasteiger partial charge in [-0.05, 0) is 62.7 Å². The molecule has 4 fully saturated rings. The molecule has 67 valence electrons. The molecule has 0 unspecified atom stereocenters. The van der Waals surface area contributed by atoms with Crippen LogP contribution in [0.2, 0.25) is 0 Å². The van der Waals surface area contributed by atoms with Crippen molar-refractivity contribution in [2.75, 3.05) is 0 Å². The van der Waals surface area contributed by atoms with Gasteiger partial charge in [-0.15, -0.1) is 0 Å². The van der Waals surface area contributed by atoms with Gasteiger partial charge in [0.15, 0.2) is 0 Å². The van der Waals surface area contributed by atoms with Gasteiger partial charge in [0.05, 0.1) is 0 Å². The fourth-order valence-corrected chi connectivity index (χ4v) is 4.12. The fourth-order valence-electron chi connectivity index (χ4n) is 4.12. The van der Waals surface area contributed by atoms with Gasteiger partial charge in [-0.3, -0.25) is 0 Å². The van der Waals surface area contributed by atoms with Crippen molar-refractivity contribution in [3.05, 3.63) is 0 Å². The highest BCUT2D eigenvalue weighted by Gasteiger charge is 2.55. The van der Waals surface area contributed by atoms with E-state index in [-0.39, 0.29) is 0 Å². The zero-order chi connectivity index (χ0) is 8.34. The third-order valence-corrected chi connectivity index (χ3v) is 4.76. The average Bonchev–Trinajstić information content (AvgIpc) is 1.99. The lowest BCUT2D eigenvalue weighted by molar-refractivity contribution is -0.194. The lowest BCUT2D eigenvalue weighted by Gasteiger charge is -2.56. The molecule has 0 saturated heterocycles. The molecule has 0 aliphatic heterocycles. The maximum absolute atomic E-state index is 12.2. The van der Waals surface area contributed by atoms with Gasteiger partial charge in [-0.25, -0.2) is 5.11 Å². The SMILES string of the molecule is CC1([O])C2CC3CC(C2)CC1C3.